The first-order valence-electron chi connectivity index (χ1n) is 8.65. The van der Waals surface area contributed by atoms with Gasteiger partial charge in [-0.2, -0.15) is 0 Å². The third-order valence-electron chi connectivity index (χ3n) is 4.11. The van der Waals surface area contributed by atoms with Crippen molar-refractivity contribution in [3.8, 4) is 5.13 Å². The molecule has 3 rings (SSSR count). The van der Waals surface area contributed by atoms with E-state index < -0.39 is 0 Å². The number of nitrogens with one attached hydrogen (secondary N) is 2. The highest BCUT2D eigenvalue weighted by atomic mass is 32.1. The van der Waals surface area contributed by atoms with Crippen LogP contribution in [-0.4, -0.2) is 21.4 Å². The van der Waals surface area contributed by atoms with E-state index >= 15 is 0 Å². The highest BCUT2D eigenvalue weighted by Gasteiger charge is 2.11. The van der Waals surface area contributed by atoms with E-state index in [1.54, 1.807) is 0 Å². The lowest BCUT2D eigenvalue weighted by molar-refractivity contribution is -0.120. The van der Waals surface area contributed by atoms with Crippen molar-refractivity contribution in [3.63, 3.8) is 0 Å². The van der Waals surface area contributed by atoms with Gasteiger partial charge < -0.3 is 10.6 Å². The van der Waals surface area contributed by atoms with Crippen LogP contribution < -0.4 is 10.6 Å². The molecule has 0 spiro atoms. The molecule has 0 aliphatic rings. The Morgan fingerprint density at radius 2 is 1.74 bits per heavy atom. The number of rotatable bonds is 6. The molecule has 0 unspecified atom stereocenters. The molecule has 140 valence electrons. The molecule has 0 radical (unpaired) electrons. The number of amides is 2. The second kappa shape index (κ2) is 8.18. The first-order valence-corrected chi connectivity index (χ1v) is 9.53. The Balaban J connectivity index is 1.55. The predicted molar refractivity (Wildman–Crippen MR) is 107 cm³/mol. The first kappa shape index (κ1) is 18.8. The van der Waals surface area contributed by atoms with Crippen LogP contribution in [0.2, 0.25) is 0 Å². The van der Waals surface area contributed by atoms with Crippen LogP contribution >= 0.6 is 11.3 Å². The molecule has 2 amide bonds. The van der Waals surface area contributed by atoms with E-state index in [0.717, 1.165) is 33.5 Å². The van der Waals surface area contributed by atoms with Gasteiger partial charge >= 0.3 is 0 Å². The standard InChI is InChI=1S/C20H22N4O2S/c1-13-4-5-14(2)24(13)20-23-18(12-27-20)10-19(26)21-11-16-6-8-17(9-7-16)22-15(3)25/h4-9,12H,10-11H2,1-3H3,(H,21,26)(H,22,25). The lowest BCUT2D eigenvalue weighted by atomic mass is 10.2. The van der Waals surface area contributed by atoms with Gasteiger partial charge in [-0.25, -0.2) is 4.98 Å². The van der Waals surface area contributed by atoms with Crippen LogP contribution in [0.3, 0.4) is 0 Å². The molecule has 0 saturated carbocycles. The van der Waals surface area contributed by atoms with E-state index in [0.29, 0.717) is 6.54 Å². The minimum absolute atomic E-state index is 0.0706. The summed E-state index contributed by atoms with van der Waals surface area (Å²) in [6.45, 7) is 5.99. The number of aryl methyl sites for hydroxylation is 2. The Bertz CT molecular complexity index is 937. The van der Waals surface area contributed by atoms with E-state index in [2.05, 4.69) is 32.3 Å². The summed E-state index contributed by atoms with van der Waals surface area (Å²) < 4.78 is 2.09. The van der Waals surface area contributed by atoms with E-state index in [4.69, 9.17) is 0 Å². The van der Waals surface area contributed by atoms with Gasteiger partial charge in [-0.1, -0.05) is 12.1 Å². The number of nitrogens with zero attached hydrogens (tertiary/aromatic N) is 2. The summed E-state index contributed by atoms with van der Waals surface area (Å²) >= 11 is 1.54. The number of hydrogen-bond acceptors (Lipinski definition) is 4. The SMILES string of the molecule is CC(=O)Nc1ccc(CNC(=O)Cc2csc(-n3c(C)ccc3C)n2)cc1. The fourth-order valence-electron chi connectivity index (χ4n) is 2.79. The number of hydrogen-bond donors (Lipinski definition) is 2. The molecule has 6 nitrogen and oxygen atoms in total. The van der Waals surface area contributed by atoms with E-state index in [-0.39, 0.29) is 18.2 Å². The molecule has 3 aromatic rings. The van der Waals surface area contributed by atoms with Crippen LogP contribution in [-0.2, 0) is 22.6 Å². The minimum atomic E-state index is -0.107. The smallest absolute Gasteiger partial charge is 0.226 e. The molecule has 1 aromatic carbocycles. The van der Waals surface area contributed by atoms with Gasteiger partial charge in [0.25, 0.3) is 0 Å². The van der Waals surface area contributed by atoms with Crippen LogP contribution in [0.4, 0.5) is 5.69 Å². The second-order valence-electron chi connectivity index (χ2n) is 6.40. The van der Waals surface area contributed by atoms with Crippen molar-refractivity contribution in [2.75, 3.05) is 5.32 Å². The minimum Gasteiger partial charge on any atom is -0.352 e. The zero-order chi connectivity index (χ0) is 19.4. The normalized spacial score (nSPS) is 10.6. The Labute approximate surface area is 162 Å². The zero-order valence-corrected chi connectivity index (χ0v) is 16.4. The molecule has 0 fully saturated rings. The van der Waals surface area contributed by atoms with Crippen LogP contribution in [0, 0.1) is 13.8 Å². The monoisotopic (exact) mass is 382 g/mol. The van der Waals surface area contributed by atoms with Crippen LogP contribution in [0.1, 0.15) is 29.6 Å². The number of carbonyl (C=O) groups excluding carboxylic acids is 2. The molecule has 2 N–H and O–H groups in total. The Morgan fingerprint density at radius 1 is 1.07 bits per heavy atom. The van der Waals surface area contributed by atoms with E-state index in [1.165, 1.54) is 18.3 Å². The molecule has 27 heavy (non-hydrogen) atoms. The van der Waals surface area contributed by atoms with Crippen molar-refractivity contribution < 1.29 is 9.59 Å². The van der Waals surface area contributed by atoms with E-state index in [9.17, 15) is 9.59 Å². The highest BCUT2D eigenvalue weighted by Crippen LogP contribution is 2.20. The quantitative estimate of drug-likeness (QED) is 0.686. The van der Waals surface area contributed by atoms with Gasteiger partial charge in [0.05, 0.1) is 12.1 Å². The Kier molecular flexibility index (Phi) is 5.71. The molecule has 2 aromatic heterocycles. The van der Waals surface area contributed by atoms with Gasteiger partial charge in [-0.3, -0.25) is 14.2 Å². The number of aromatic nitrogens is 2. The topological polar surface area (TPSA) is 76.0 Å². The first-order chi connectivity index (χ1) is 12.9. The molecule has 7 heteroatoms. The van der Waals surface area contributed by atoms with E-state index in [1.807, 2.05) is 43.5 Å². The number of anilines is 1. The Hall–Kier alpha value is -2.93. The lowest BCUT2D eigenvalue weighted by Crippen LogP contribution is -2.24. The van der Waals surface area contributed by atoms with Crippen molar-refractivity contribution in [3.05, 3.63) is 64.4 Å². The Morgan fingerprint density at radius 3 is 2.37 bits per heavy atom. The van der Waals surface area contributed by atoms with Gasteiger partial charge in [0.15, 0.2) is 5.13 Å². The average molecular weight is 382 g/mol. The lowest BCUT2D eigenvalue weighted by Gasteiger charge is -2.06. The summed E-state index contributed by atoms with van der Waals surface area (Å²) in [6, 6.07) is 11.5. The summed E-state index contributed by atoms with van der Waals surface area (Å²) in [6.07, 6.45) is 0.250. The third kappa shape index (κ3) is 4.83. The molecule has 0 atom stereocenters. The molecule has 0 aliphatic carbocycles. The van der Waals surface area contributed by atoms with Gasteiger partial charge in [0, 0.05) is 35.9 Å². The van der Waals surface area contributed by atoms with Crippen molar-refractivity contribution in [1.82, 2.24) is 14.9 Å². The highest BCUT2D eigenvalue weighted by molar-refractivity contribution is 7.12. The molecule has 2 heterocycles. The second-order valence-corrected chi connectivity index (χ2v) is 7.24. The summed E-state index contributed by atoms with van der Waals surface area (Å²) in [7, 11) is 0. The zero-order valence-electron chi connectivity index (χ0n) is 15.6. The van der Waals surface area contributed by atoms with Gasteiger partial charge in [0.2, 0.25) is 11.8 Å². The summed E-state index contributed by atoms with van der Waals surface area (Å²) in [5.41, 5.74) is 4.72. The molecular formula is C20H22N4O2S. The fraction of sp³-hybridized carbons (Fsp3) is 0.250. The molecular weight excluding hydrogens is 360 g/mol. The summed E-state index contributed by atoms with van der Waals surface area (Å²) in [5.74, 6) is -0.178. The van der Waals surface area contributed by atoms with Gasteiger partial charge in [-0.05, 0) is 43.7 Å². The summed E-state index contributed by atoms with van der Waals surface area (Å²) in [5, 5.41) is 8.43. The van der Waals surface area contributed by atoms with Gasteiger partial charge in [0.1, 0.15) is 0 Å². The van der Waals surface area contributed by atoms with Crippen LogP contribution in [0.15, 0.2) is 41.8 Å². The molecule has 0 saturated heterocycles. The van der Waals surface area contributed by atoms with Crippen LogP contribution in [0.5, 0.6) is 0 Å². The average Bonchev–Trinajstić information content (AvgIpc) is 3.20. The van der Waals surface area contributed by atoms with Crippen molar-refractivity contribution in [2.24, 2.45) is 0 Å². The number of thiazole rings is 1. The van der Waals surface area contributed by atoms with Gasteiger partial charge in [-0.15, -0.1) is 11.3 Å². The number of carbonyl (C=O) groups is 2. The maximum atomic E-state index is 12.2. The largest absolute Gasteiger partial charge is 0.352 e. The van der Waals surface area contributed by atoms with Crippen molar-refractivity contribution >= 4 is 28.8 Å². The third-order valence-corrected chi connectivity index (χ3v) is 4.98. The molecule has 0 aliphatic heterocycles. The maximum Gasteiger partial charge on any atom is 0.226 e. The number of benzene rings is 1. The predicted octanol–water partition coefficient (Wildman–Crippen LogP) is 3.37. The van der Waals surface area contributed by atoms with Crippen molar-refractivity contribution in [2.45, 2.75) is 33.7 Å². The van der Waals surface area contributed by atoms with Crippen LogP contribution in [0.25, 0.3) is 5.13 Å². The molecule has 0 bridgehead atoms. The van der Waals surface area contributed by atoms with Crippen molar-refractivity contribution in [1.29, 1.82) is 0 Å². The maximum absolute atomic E-state index is 12.2. The fourth-order valence-corrected chi connectivity index (χ4v) is 3.73. The summed E-state index contributed by atoms with van der Waals surface area (Å²) in [4.78, 5) is 27.8.